The summed E-state index contributed by atoms with van der Waals surface area (Å²) in [6.45, 7) is 13.0. The van der Waals surface area contributed by atoms with E-state index in [9.17, 15) is 14.4 Å². The minimum atomic E-state index is -0.356. The number of aromatic nitrogens is 2. The molecule has 45 heavy (non-hydrogen) atoms. The summed E-state index contributed by atoms with van der Waals surface area (Å²) in [6.07, 6.45) is 6.63. The van der Waals surface area contributed by atoms with Crippen molar-refractivity contribution >= 4 is 22.5 Å². The van der Waals surface area contributed by atoms with Gasteiger partial charge < -0.3 is 19.9 Å². The highest BCUT2D eigenvalue weighted by Crippen LogP contribution is 2.61. The summed E-state index contributed by atoms with van der Waals surface area (Å²) in [5.41, 5.74) is 2.12. The number of rotatable bonds is 6. The standard InChI is InChI=1S/C35H44FN7O2/c1-21-17-42(18-22(2)43(21)19-37)34(40-31-14-25-13-29(23(31)3)35(25,4)5)39-26-8-10-28-32(15-26)38-20-41(33(28)44)12-11-24-7-9-27(45-6)16-30(24)36/h7-10,15-16,20-23,25,29,31H,11-14,17-18H2,1-6H3,(H,39,40)/t21-,22-,23-,25+,29-,31-/m0/s1. The Morgan fingerprint density at radius 2 is 1.91 bits per heavy atom. The zero-order valence-corrected chi connectivity index (χ0v) is 27.1. The molecule has 9 nitrogen and oxygen atoms in total. The average Bonchev–Trinajstić information content (AvgIpc) is 3.01. The first-order valence-electron chi connectivity index (χ1n) is 16.1. The molecule has 6 atom stereocenters. The molecule has 1 saturated heterocycles. The molecule has 1 N–H and O–H groups in total. The number of aliphatic imine (C=N–C) groups is 1. The first-order chi connectivity index (χ1) is 21.5. The predicted octanol–water partition coefficient (Wildman–Crippen LogP) is 5.50. The van der Waals surface area contributed by atoms with Gasteiger partial charge in [0.15, 0.2) is 12.2 Å². The second-order valence-electron chi connectivity index (χ2n) is 13.9. The van der Waals surface area contributed by atoms with Crippen molar-refractivity contribution in [3.63, 3.8) is 0 Å². The molecule has 2 aromatic carbocycles. The second kappa shape index (κ2) is 12.0. The van der Waals surface area contributed by atoms with Crippen molar-refractivity contribution in [1.82, 2.24) is 19.4 Å². The molecule has 0 radical (unpaired) electrons. The highest BCUT2D eigenvalue weighted by Gasteiger charge is 2.56. The summed E-state index contributed by atoms with van der Waals surface area (Å²) in [6, 6.07) is 10.7. The summed E-state index contributed by atoms with van der Waals surface area (Å²) in [5.74, 6) is 2.77. The number of anilines is 1. The van der Waals surface area contributed by atoms with Gasteiger partial charge in [-0.05, 0) is 86.1 Å². The van der Waals surface area contributed by atoms with E-state index in [2.05, 4.69) is 56.0 Å². The molecule has 0 unspecified atom stereocenters. The van der Waals surface area contributed by atoms with Gasteiger partial charge in [-0.3, -0.25) is 9.36 Å². The van der Waals surface area contributed by atoms with Gasteiger partial charge in [-0.1, -0.05) is 26.8 Å². The van der Waals surface area contributed by atoms with Crippen LogP contribution < -0.4 is 15.6 Å². The lowest BCUT2D eigenvalue weighted by molar-refractivity contribution is -0.108. The lowest BCUT2D eigenvalue weighted by Crippen LogP contribution is -2.59. The van der Waals surface area contributed by atoms with Crippen molar-refractivity contribution in [2.75, 3.05) is 25.5 Å². The smallest absolute Gasteiger partial charge is 0.261 e. The zero-order valence-electron chi connectivity index (χ0n) is 27.1. The molecular formula is C35H44FN7O2. The van der Waals surface area contributed by atoms with E-state index in [1.54, 1.807) is 18.2 Å². The molecule has 0 amide bonds. The summed E-state index contributed by atoms with van der Waals surface area (Å²) in [7, 11) is 1.50. The maximum absolute atomic E-state index is 14.5. The molecule has 2 heterocycles. The maximum Gasteiger partial charge on any atom is 0.261 e. The summed E-state index contributed by atoms with van der Waals surface area (Å²) < 4.78 is 21.1. The number of fused-ring (bicyclic) bond motifs is 3. The number of nitriles is 1. The SMILES string of the molecule is COc1ccc(CCn2cnc3cc(N/C(=N/[C@H]4C[C@H]5C[C@@H]([C@@H]4C)C5(C)C)N4C[C@H](C)N(C#N)[C@@H](C)C4)ccc3c2=O)c(F)c1. The van der Waals surface area contributed by atoms with Crippen molar-refractivity contribution < 1.29 is 9.13 Å². The Labute approximate surface area is 264 Å². The van der Waals surface area contributed by atoms with E-state index in [1.807, 2.05) is 17.0 Å². The van der Waals surface area contributed by atoms with E-state index < -0.39 is 0 Å². The molecule has 7 rings (SSSR count). The number of ether oxygens (including phenoxy) is 1. The summed E-state index contributed by atoms with van der Waals surface area (Å²) in [4.78, 5) is 27.5. The van der Waals surface area contributed by atoms with Crippen LogP contribution in [0.2, 0.25) is 0 Å². The van der Waals surface area contributed by atoms with Gasteiger partial charge in [0.2, 0.25) is 0 Å². The van der Waals surface area contributed by atoms with Crippen LogP contribution in [-0.2, 0) is 13.0 Å². The molecule has 0 spiro atoms. The third kappa shape index (κ3) is 5.73. The Morgan fingerprint density at radius 1 is 1.16 bits per heavy atom. The fraction of sp³-hybridized carbons (Fsp3) is 0.543. The van der Waals surface area contributed by atoms with Gasteiger partial charge in [0.05, 0.1) is 42.5 Å². The number of methoxy groups -OCH3 is 1. The van der Waals surface area contributed by atoms with Crippen LogP contribution in [0.4, 0.5) is 10.1 Å². The number of piperazine rings is 1. The van der Waals surface area contributed by atoms with Gasteiger partial charge in [-0.15, -0.1) is 0 Å². The van der Waals surface area contributed by atoms with Crippen LogP contribution in [0.15, 0.2) is 52.5 Å². The molecule has 3 aromatic rings. The first kappa shape index (κ1) is 30.9. The maximum atomic E-state index is 14.5. The largest absolute Gasteiger partial charge is 0.497 e. The molecule has 1 aromatic heterocycles. The van der Waals surface area contributed by atoms with Crippen LogP contribution in [-0.4, -0.2) is 63.6 Å². The molecule has 3 aliphatic carbocycles. The number of guanidine groups is 1. The van der Waals surface area contributed by atoms with E-state index in [0.717, 1.165) is 18.1 Å². The number of nitrogens with one attached hydrogen (secondary N) is 1. The number of nitrogens with zero attached hydrogens (tertiary/aromatic N) is 6. The van der Waals surface area contributed by atoms with Crippen LogP contribution in [0.3, 0.4) is 0 Å². The van der Waals surface area contributed by atoms with Crippen molar-refractivity contribution in [3.8, 4) is 11.9 Å². The molecule has 10 heteroatoms. The molecular weight excluding hydrogens is 569 g/mol. The third-order valence-corrected chi connectivity index (χ3v) is 10.9. The van der Waals surface area contributed by atoms with Gasteiger partial charge in [0.25, 0.3) is 5.56 Å². The lowest BCUT2D eigenvalue weighted by atomic mass is 9.45. The zero-order chi connectivity index (χ0) is 32.0. The Balaban J connectivity index is 1.25. The topological polar surface area (TPSA) is 98.8 Å². The van der Waals surface area contributed by atoms with Crippen LogP contribution in [0.5, 0.6) is 5.75 Å². The monoisotopic (exact) mass is 613 g/mol. The van der Waals surface area contributed by atoms with Crippen LogP contribution in [0.1, 0.15) is 53.0 Å². The fourth-order valence-electron chi connectivity index (χ4n) is 7.96. The van der Waals surface area contributed by atoms with Gasteiger partial charge in [0, 0.05) is 31.4 Å². The highest BCUT2D eigenvalue weighted by molar-refractivity contribution is 5.96. The Bertz CT molecular complexity index is 1700. The van der Waals surface area contributed by atoms with Gasteiger partial charge in [-0.25, -0.2) is 14.4 Å². The van der Waals surface area contributed by atoms with Crippen molar-refractivity contribution in [1.29, 1.82) is 5.26 Å². The number of aryl methyl sites for hydroxylation is 2. The number of benzene rings is 2. The van der Waals surface area contributed by atoms with Crippen molar-refractivity contribution in [2.45, 2.75) is 78.6 Å². The molecule has 238 valence electrons. The Morgan fingerprint density at radius 3 is 2.56 bits per heavy atom. The van der Waals surface area contributed by atoms with Gasteiger partial charge in [-0.2, -0.15) is 5.26 Å². The molecule has 1 aliphatic heterocycles. The summed E-state index contributed by atoms with van der Waals surface area (Å²) >= 11 is 0. The molecule has 4 fully saturated rings. The van der Waals surface area contributed by atoms with Crippen LogP contribution >= 0.6 is 0 Å². The summed E-state index contributed by atoms with van der Waals surface area (Å²) in [5, 5.41) is 13.8. The fourth-order valence-corrected chi connectivity index (χ4v) is 7.96. The molecule has 3 saturated carbocycles. The number of hydrogen-bond donors (Lipinski definition) is 1. The van der Waals surface area contributed by atoms with Crippen molar-refractivity contribution in [3.05, 3.63) is 64.5 Å². The first-order valence-corrected chi connectivity index (χ1v) is 16.1. The molecule has 2 bridgehead atoms. The average molecular weight is 614 g/mol. The predicted molar refractivity (Wildman–Crippen MR) is 175 cm³/mol. The van der Waals surface area contributed by atoms with Crippen LogP contribution in [0, 0.1) is 40.4 Å². The van der Waals surface area contributed by atoms with Crippen molar-refractivity contribution in [2.24, 2.45) is 28.2 Å². The van der Waals surface area contributed by atoms with E-state index in [0.29, 0.717) is 71.4 Å². The van der Waals surface area contributed by atoms with Gasteiger partial charge >= 0.3 is 0 Å². The molecule has 4 aliphatic rings. The normalized spacial score (nSPS) is 27.6. The van der Waals surface area contributed by atoms with Gasteiger partial charge in [0.1, 0.15) is 11.6 Å². The Hall–Kier alpha value is -4.13. The van der Waals surface area contributed by atoms with Crippen LogP contribution in [0.25, 0.3) is 10.9 Å². The minimum Gasteiger partial charge on any atom is -0.497 e. The highest BCUT2D eigenvalue weighted by atomic mass is 19.1. The lowest BCUT2D eigenvalue weighted by Gasteiger charge is -2.61. The van der Waals surface area contributed by atoms with E-state index in [4.69, 9.17) is 9.73 Å². The van der Waals surface area contributed by atoms with E-state index >= 15 is 0 Å². The Kier molecular flexibility index (Phi) is 8.23. The number of hydrogen-bond acceptors (Lipinski definition) is 6. The quantitative estimate of drug-likeness (QED) is 0.223. The minimum absolute atomic E-state index is 0.0602. The second-order valence-corrected chi connectivity index (χ2v) is 13.9. The van der Waals surface area contributed by atoms with E-state index in [1.165, 1.54) is 30.5 Å². The van der Waals surface area contributed by atoms with E-state index in [-0.39, 0.29) is 29.5 Å². The third-order valence-electron chi connectivity index (χ3n) is 10.9. The number of halogens is 1.